The van der Waals surface area contributed by atoms with Crippen LogP contribution in [0.1, 0.15) is 39.0 Å². The molecule has 4 atom stereocenters. The molecule has 1 aliphatic heterocycles. The predicted molar refractivity (Wildman–Crippen MR) is 141 cm³/mol. The van der Waals surface area contributed by atoms with Gasteiger partial charge in [0.05, 0.1) is 11.1 Å². The highest BCUT2D eigenvalue weighted by atomic mass is 16.5. The van der Waals surface area contributed by atoms with Gasteiger partial charge in [0.1, 0.15) is 29.5 Å². The third-order valence-corrected chi connectivity index (χ3v) is 8.16. The van der Waals surface area contributed by atoms with Crippen LogP contribution >= 0.6 is 0 Å². The molecule has 2 saturated carbocycles. The van der Waals surface area contributed by atoms with E-state index >= 15 is 0 Å². The smallest absolute Gasteiger partial charge is 0.142 e. The number of benzene rings is 2. The van der Waals surface area contributed by atoms with E-state index in [1.54, 1.807) is 6.33 Å². The predicted octanol–water partition coefficient (Wildman–Crippen LogP) is 5.57. The second-order valence-corrected chi connectivity index (χ2v) is 10.5. The van der Waals surface area contributed by atoms with Crippen LogP contribution in [-0.2, 0) is 0 Å². The van der Waals surface area contributed by atoms with Crippen molar-refractivity contribution in [3.63, 3.8) is 0 Å². The summed E-state index contributed by atoms with van der Waals surface area (Å²) in [6.07, 6.45) is 9.87. The number of hydrogen-bond acceptors (Lipinski definition) is 6. The summed E-state index contributed by atoms with van der Waals surface area (Å²) in [6.45, 7) is 7.16. The third-order valence-electron chi connectivity index (χ3n) is 8.16. The highest BCUT2D eigenvalue weighted by Crippen LogP contribution is 2.64. The van der Waals surface area contributed by atoms with Crippen molar-refractivity contribution in [3.8, 4) is 22.6 Å². The first-order valence-corrected chi connectivity index (χ1v) is 12.6. The molecule has 0 amide bonds. The Morgan fingerprint density at radius 2 is 1.89 bits per heavy atom. The largest absolute Gasteiger partial charge is 0.457 e. The average molecular weight is 468 g/mol. The number of para-hydroxylation sites is 1. The number of nitrogen functional groups attached to an aromatic ring is 1. The van der Waals surface area contributed by atoms with Crippen molar-refractivity contribution in [2.75, 3.05) is 17.2 Å². The van der Waals surface area contributed by atoms with E-state index in [-0.39, 0.29) is 5.54 Å². The molecular weight excluding hydrogens is 434 g/mol. The summed E-state index contributed by atoms with van der Waals surface area (Å²) in [7, 11) is 0. The maximum atomic E-state index is 6.43. The maximum Gasteiger partial charge on any atom is 0.142 e. The summed E-state index contributed by atoms with van der Waals surface area (Å²) in [4.78, 5) is 11.5. The van der Waals surface area contributed by atoms with E-state index in [4.69, 9.17) is 15.5 Å². The molecule has 3 N–H and O–H groups in total. The molecule has 6 heteroatoms. The molecule has 1 saturated heterocycles. The number of nitrogens with zero attached hydrogens (tertiary/aromatic N) is 3. The summed E-state index contributed by atoms with van der Waals surface area (Å²) in [5.74, 6) is 3.08. The Balaban J connectivity index is 1.23. The number of rotatable bonds is 7. The van der Waals surface area contributed by atoms with Crippen molar-refractivity contribution >= 4 is 11.6 Å². The van der Waals surface area contributed by atoms with Crippen LogP contribution in [0.25, 0.3) is 11.1 Å². The van der Waals surface area contributed by atoms with Gasteiger partial charge >= 0.3 is 0 Å². The van der Waals surface area contributed by atoms with Crippen LogP contribution in [0.2, 0.25) is 0 Å². The number of ether oxygens (including phenoxy) is 1. The van der Waals surface area contributed by atoms with Gasteiger partial charge in [-0.05, 0) is 67.9 Å². The van der Waals surface area contributed by atoms with E-state index in [0.29, 0.717) is 23.3 Å². The van der Waals surface area contributed by atoms with Crippen LogP contribution in [0.5, 0.6) is 11.5 Å². The molecule has 2 unspecified atom stereocenters. The Hall–Kier alpha value is -3.38. The first-order valence-electron chi connectivity index (χ1n) is 12.6. The topological polar surface area (TPSA) is 76.1 Å². The van der Waals surface area contributed by atoms with Gasteiger partial charge in [0.2, 0.25) is 0 Å². The lowest BCUT2D eigenvalue weighted by Crippen LogP contribution is -2.36. The van der Waals surface area contributed by atoms with Gasteiger partial charge in [-0.3, -0.25) is 0 Å². The Bertz CT molecular complexity index is 1230. The van der Waals surface area contributed by atoms with E-state index in [0.717, 1.165) is 35.0 Å². The molecule has 6 nitrogen and oxygen atoms in total. The molecule has 3 aromatic rings. The molecule has 1 aromatic heterocycles. The second kappa shape index (κ2) is 8.38. The van der Waals surface area contributed by atoms with Crippen LogP contribution in [0, 0.1) is 5.41 Å². The monoisotopic (exact) mass is 467 g/mol. The molecule has 3 aliphatic rings. The first kappa shape index (κ1) is 22.1. The highest BCUT2D eigenvalue weighted by Gasteiger charge is 2.66. The number of anilines is 2. The lowest BCUT2D eigenvalue weighted by Gasteiger charge is -2.32. The molecule has 180 valence electrons. The lowest BCUT2D eigenvalue weighted by molar-refractivity contribution is 0.268. The Morgan fingerprint density at radius 3 is 2.66 bits per heavy atom. The van der Waals surface area contributed by atoms with Crippen molar-refractivity contribution in [3.05, 3.63) is 73.6 Å². The van der Waals surface area contributed by atoms with Gasteiger partial charge in [0, 0.05) is 18.6 Å². The number of aromatic nitrogens is 2. The fraction of sp³-hybridized carbons (Fsp3) is 0.379. The van der Waals surface area contributed by atoms with Crippen LogP contribution in [-0.4, -0.2) is 34.1 Å². The van der Waals surface area contributed by atoms with Crippen molar-refractivity contribution in [1.29, 1.82) is 0 Å². The van der Waals surface area contributed by atoms with Gasteiger partial charge in [0.25, 0.3) is 0 Å². The van der Waals surface area contributed by atoms with Crippen LogP contribution in [0.15, 0.2) is 73.6 Å². The fourth-order valence-corrected chi connectivity index (χ4v) is 6.15. The molecule has 6 rings (SSSR count). The molecule has 0 bridgehead atoms. The van der Waals surface area contributed by atoms with Gasteiger partial charge in [-0.2, -0.15) is 0 Å². The van der Waals surface area contributed by atoms with Gasteiger partial charge < -0.3 is 20.7 Å². The highest BCUT2D eigenvalue weighted by molar-refractivity contribution is 5.86. The minimum absolute atomic E-state index is 0.192. The van der Waals surface area contributed by atoms with E-state index in [1.165, 1.54) is 32.1 Å². The van der Waals surface area contributed by atoms with Crippen LogP contribution in [0.3, 0.4) is 0 Å². The Kier molecular flexibility index (Phi) is 5.29. The molecule has 35 heavy (non-hydrogen) atoms. The standard InChI is InChI=1S/C29H33N5O/c1-3-20(2)33-24-16-28(24)14-7-15-29(17-28)18-34(29)27-25(26(30)31-19-32-27)21-10-12-23(13-11-21)35-22-8-5-4-6-9-22/h3-6,8-13,19-20,24,33H,1,7,14-18H2,2H3,(H2,30,31,32)/t20?,24?,28-,29+,34?/m0/s1. The minimum Gasteiger partial charge on any atom is -0.457 e. The van der Waals surface area contributed by atoms with Gasteiger partial charge in [-0.25, -0.2) is 9.97 Å². The zero-order chi connectivity index (χ0) is 24.0. The van der Waals surface area contributed by atoms with E-state index in [1.807, 2.05) is 60.7 Å². The van der Waals surface area contributed by atoms with Crippen molar-refractivity contribution < 1.29 is 4.74 Å². The third kappa shape index (κ3) is 4.06. The van der Waals surface area contributed by atoms with E-state index in [9.17, 15) is 0 Å². The zero-order valence-corrected chi connectivity index (χ0v) is 20.3. The van der Waals surface area contributed by atoms with Crippen molar-refractivity contribution in [1.82, 2.24) is 15.3 Å². The van der Waals surface area contributed by atoms with Crippen LogP contribution in [0.4, 0.5) is 11.6 Å². The fourth-order valence-electron chi connectivity index (χ4n) is 6.15. The summed E-state index contributed by atoms with van der Waals surface area (Å²) >= 11 is 0. The summed E-state index contributed by atoms with van der Waals surface area (Å²) in [5, 5.41) is 3.76. The van der Waals surface area contributed by atoms with Crippen molar-refractivity contribution in [2.24, 2.45) is 5.41 Å². The second-order valence-electron chi connectivity index (χ2n) is 10.5. The van der Waals surface area contributed by atoms with E-state index < -0.39 is 0 Å². The summed E-state index contributed by atoms with van der Waals surface area (Å²) < 4.78 is 5.97. The van der Waals surface area contributed by atoms with Gasteiger partial charge in [-0.1, -0.05) is 42.8 Å². The average Bonchev–Trinajstić information content (AvgIpc) is 3.75. The molecule has 2 heterocycles. The first-order chi connectivity index (χ1) is 17.0. The molecule has 0 radical (unpaired) electrons. The van der Waals surface area contributed by atoms with Gasteiger partial charge in [0.15, 0.2) is 0 Å². The normalized spacial score (nSPS) is 27.6. The quantitative estimate of drug-likeness (QED) is 0.349. The number of nitrogens with two attached hydrogens (primary N) is 1. The molecule has 2 aromatic carbocycles. The van der Waals surface area contributed by atoms with Gasteiger partial charge in [-0.15, -0.1) is 6.58 Å². The molecule has 2 spiro atoms. The molecule has 3 fully saturated rings. The zero-order valence-electron chi connectivity index (χ0n) is 20.3. The number of nitrogens with one attached hydrogen (secondary N) is 1. The molecular formula is C29H33N5O. The molecule has 2 aliphatic carbocycles. The Morgan fingerprint density at radius 1 is 1.11 bits per heavy atom. The maximum absolute atomic E-state index is 6.43. The SMILES string of the molecule is C=CC(C)NC1C[C@]12CCC[C@]1(CN1c1ncnc(N)c1-c1ccc(Oc3ccccc3)cc1)C2. The van der Waals surface area contributed by atoms with E-state index in [2.05, 4.69) is 28.7 Å². The summed E-state index contributed by atoms with van der Waals surface area (Å²) in [5.41, 5.74) is 8.97. The van der Waals surface area contributed by atoms with Crippen molar-refractivity contribution in [2.45, 2.75) is 56.7 Å². The number of hydrogen-bond donors (Lipinski definition) is 2. The lowest BCUT2D eigenvalue weighted by atomic mass is 9.77. The Labute approximate surface area is 207 Å². The van der Waals surface area contributed by atoms with Crippen LogP contribution < -0.4 is 20.7 Å². The summed E-state index contributed by atoms with van der Waals surface area (Å²) in [6, 6.07) is 18.8. The minimum atomic E-state index is 0.192.